The number of rotatable bonds is 9. The van der Waals surface area contributed by atoms with Gasteiger partial charge in [-0.2, -0.15) is 11.8 Å². The molecular formula is C16H25NOS. The van der Waals surface area contributed by atoms with Crippen LogP contribution < -0.4 is 0 Å². The first kappa shape index (κ1) is 16.3. The average Bonchev–Trinajstić information content (AvgIpc) is 2.45. The molecule has 1 unspecified atom stereocenters. The Kier molecular flexibility index (Phi) is 7.84. The Labute approximate surface area is 121 Å². The van der Waals surface area contributed by atoms with E-state index in [1.54, 1.807) is 0 Å². The van der Waals surface area contributed by atoms with Gasteiger partial charge in [0, 0.05) is 23.8 Å². The summed E-state index contributed by atoms with van der Waals surface area (Å²) < 4.78 is 0. The Bertz CT molecular complexity index is 366. The second-order valence-electron chi connectivity index (χ2n) is 4.89. The highest BCUT2D eigenvalue weighted by Gasteiger charge is 2.12. The van der Waals surface area contributed by atoms with Crippen LogP contribution >= 0.6 is 11.8 Å². The molecule has 0 aliphatic rings. The zero-order valence-corrected chi connectivity index (χ0v) is 13.1. The molecule has 1 rings (SSSR count). The van der Waals surface area contributed by atoms with Crippen LogP contribution in [-0.4, -0.2) is 42.3 Å². The summed E-state index contributed by atoms with van der Waals surface area (Å²) in [6.45, 7) is 3.23. The monoisotopic (exact) mass is 279 g/mol. The number of nitrogens with zero attached hydrogens (tertiary/aromatic N) is 1. The Morgan fingerprint density at radius 2 is 2.00 bits per heavy atom. The predicted octanol–water partition coefficient (Wildman–Crippen LogP) is 3.72. The van der Waals surface area contributed by atoms with Crippen molar-refractivity contribution in [2.75, 3.05) is 25.6 Å². The molecule has 0 aromatic heterocycles. The lowest BCUT2D eigenvalue weighted by atomic mass is 10.1. The maximum absolute atomic E-state index is 12.0. The van der Waals surface area contributed by atoms with Crippen LogP contribution in [-0.2, 0) is 0 Å². The largest absolute Gasteiger partial charge is 0.303 e. The van der Waals surface area contributed by atoms with Gasteiger partial charge in [-0.3, -0.25) is 4.79 Å². The lowest BCUT2D eigenvalue weighted by Gasteiger charge is -2.26. The molecule has 0 saturated heterocycles. The van der Waals surface area contributed by atoms with Crippen LogP contribution in [0.1, 0.15) is 36.5 Å². The molecule has 0 N–H and O–H groups in total. The maximum atomic E-state index is 12.0. The van der Waals surface area contributed by atoms with Gasteiger partial charge in [0.2, 0.25) is 0 Å². The van der Waals surface area contributed by atoms with Gasteiger partial charge in [-0.15, -0.1) is 0 Å². The van der Waals surface area contributed by atoms with Crippen LogP contribution in [0.15, 0.2) is 30.3 Å². The van der Waals surface area contributed by atoms with Gasteiger partial charge in [-0.25, -0.2) is 0 Å². The second-order valence-corrected chi connectivity index (χ2v) is 5.80. The summed E-state index contributed by atoms with van der Waals surface area (Å²) in [4.78, 5) is 14.4. The molecule has 0 aliphatic carbocycles. The van der Waals surface area contributed by atoms with Gasteiger partial charge in [0.15, 0.2) is 5.78 Å². The third-order valence-corrected chi connectivity index (χ3v) is 4.18. The predicted molar refractivity (Wildman–Crippen MR) is 85.1 cm³/mol. The number of ketones is 1. The van der Waals surface area contributed by atoms with Crippen molar-refractivity contribution in [1.82, 2.24) is 4.90 Å². The van der Waals surface area contributed by atoms with Gasteiger partial charge in [0.05, 0.1) is 0 Å². The van der Waals surface area contributed by atoms with E-state index in [1.807, 2.05) is 42.1 Å². The number of carbonyl (C=O) groups is 1. The van der Waals surface area contributed by atoms with E-state index in [4.69, 9.17) is 0 Å². The van der Waals surface area contributed by atoms with Gasteiger partial charge >= 0.3 is 0 Å². The highest BCUT2D eigenvalue weighted by molar-refractivity contribution is 7.98. The fourth-order valence-electron chi connectivity index (χ4n) is 2.19. The highest BCUT2D eigenvalue weighted by atomic mass is 32.2. The van der Waals surface area contributed by atoms with Crippen molar-refractivity contribution in [3.63, 3.8) is 0 Å². The minimum absolute atomic E-state index is 0.256. The molecule has 0 saturated carbocycles. The Balaban J connectivity index is 2.32. The molecule has 2 nitrogen and oxygen atoms in total. The first-order chi connectivity index (χ1) is 9.19. The number of hydrogen-bond donors (Lipinski definition) is 0. The molecule has 0 spiro atoms. The highest BCUT2D eigenvalue weighted by Crippen LogP contribution is 2.10. The topological polar surface area (TPSA) is 20.3 Å². The van der Waals surface area contributed by atoms with E-state index in [1.165, 1.54) is 12.2 Å². The third-order valence-electron chi connectivity index (χ3n) is 3.46. The lowest BCUT2D eigenvalue weighted by Crippen LogP contribution is -2.34. The quantitative estimate of drug-likeness (QED) is 0.643. The summed E-state index contributed by atoms with van der Waals surface area (Å²) in [5.41, 5.74) is 0.835. The van der Waals surface area contributed by atoms with Gasteiger partial charge in [0.1, 0.15) is 0 Å². The summed E-state index contributed by atoms with van der Waals surface area (Å²) in [6, 6.07) is 10.2. The van der Waals surface area contributed by atoms with Crippen LogP contribution in [0.4, 0.5) is 0 Å². The fourth-order valence-corrected chi connectivity index (χ4v) is 3.06. The molecule has 0 radical (unpaired) electrons. The average molecular weight is 279 g/mol. The van der Waals surface area contributed by atoms with E-state index in [9.17, 15) is 4.79 Å². The number of benzene rings is 1. The SMILES string of the molecule is CCC(CSC)N(C)CCCC(=O)c1ccccc1. The first-order valence-corrected chi connectivity index (χ1v) is 8.35. The molecule has 0 amide bonds. The number of hydrogen-bond acceptors (Lipinski definition) is 3. The van der Waals surface area contributed by atoms with Gasteiger partial charge in [0.25, 0.3) is 0 Å². The summed E-state index contributed by atoms with van der Waals surface area (Å²) in [7, 11) is 2.16. The Morgan fingerprint density at radius 3 is 2.58 bits per heavy atom. The number of Topliss-reactive ketones (excluding diaryl/α,β-unsaturated/α-hetero) is 1. The first-order valence-electron chi connectivity index (χ1n) is 6.96. The summed E-state index contributed by atoms with van der Waals surface area (Å²) >= 11 is 1.89. The van der Waals surface area contributed by atoms with Crippen LogP contribution in [0, 0.1) is 0 Å². The molecule has 106 valence electrons. The number of carbonyl (C=O) groups excluding carboxylic acids is 1. The molecular weight excluding hydrogens is 254 g/mol. The van der Waals surface area contributed by atoms with E-state index in [0.717, 1.165) is 18.5 Å². The normalized spacial score (nSPS) is 12.6. The van der Waals surface area contributed by atoms with E-state index in [-0.39, 0.29) is 5.78 Å². The van der Waals surface area contributed by atoms with Crippen LogP contribution in [0.2, 0.25) is 0 Å². The van der Waals surface area contributed by atoms with Crippen molar-refractivity contribution in [2.24, 2.45) is 0 Å². The van der Waals surface area contributed by atoms with Crippen molar-refractivity contribution in [3.05, 3.63) is 35.9 Å². The number of thioether (sulfide) groups is 1. The summed E-state index contributed by atoms with van der Waals surface area (Å²) in [5, 5.41) is 0. The standard InChI is InChI=1S/C16H25NOS/c1-4-15(13-19-3)17(2)12-8-11-16(18)14-9-6-5-7-10-14/h5-7,9-10,15H,4,8,11-13H2,1-3H3. The zero-order chi connectivity index (χ0) is 14.1. The van der Waals surface area contributed by atoms with Crippen molar-refractivity contribution < 1.29 is 4.79 Å². The third kappa shape index (κ3) is 5.79. The van der Waals surface area contributed by atoms with Gasteiger partial charge < -0.3 is 4.90 Å². The minimum Gasteiger partial charge on any atom is -0.303 e. The molecule has 0 fully saturated rings. The van der Waals surface area contributed by atoms with Gasteiger partial charge in [-0.05, 0) is 32.7 Å². The van der Waals surface area contributed by atoms with Gasteiger partial charge in [-0.1, -0.05) is 37.3 Å². The van der Waals surface area contributed by atoms with Crippen molar-refractivity contribution in [2.45, 2.75) is 32.2 Å². The zero-order valence-electron chi connectivity index (χ0n) is 12.3. The Hall–Kier alpha value is -0.800. The fraction of sp³-hybridized carbons (Fsp3) is 0.562. The van der Waals surface area contributed by atoms with Crippen LogP contribution in [0.5, 0.6) is 0 Å². The molecule has 3 heteroatoms. The summed E-state index contributed by atoms with van der Waals surface area (Å²) in [5.74, 6) is 1.42. The molecule has 0 heterocycles. The van der Waals surface area contributed by atoms with Crippen LogP contribution in [0.3, 0.4) is 0 Å². The minimum atomic E-state index is 0.256. The molecule has 19 heavy (non-hydrogen) atoms. The molecule has 1 atom stereocenters. The van der Waals surface area contributed by atoms with E-state index >= 15 is 0 Å². The Morgan fingerprint density at radius 1 is 1.32 bits per heavy atom. The lowest BCUT2D eigenvalue weighted by molar-refractivity contribution is 0.0974. The molecule has 1 aromatic rings. The van der Waals surface area contributed by atoms with Crippen LogP contribution in [0.25, 0.3) is 0 Å². The van der Waals surface area contributed by atoms with E-state index < -0.39 is 0 Å². The summed E-state index contributed by atoms with van der Waals surface area (Å²) in [6.07, 6.45) is 4.90. The molecule has 1 aromatic carbocycles. The van der Waals surface area contributed by atoms with E-state index in [0.29, 0.717) is 12.5 Å². The van der Waals surface area contributed by atoms with Crippen molar-refractivity contribution in [1.29, 1.82) is 0 Å². The maximum Gasteiger partial charge on any atom is 0.162 e. The smallest absolute Gasteiger partial charge is 0.162 e. The molecule has 0 bridgehead atoms. The second kappa shape index (κ2) is 9.16. The molecule has 0 aliphatic heterocycles. The van der Waals surface area contributed by atoms with Crippen molar-refractivity contribution in [3.8, 4) is 0 Å². The van der Waals surface area contributed by atoms with Crippen molar-refractivity contribution >= 4 is 17.5 Å². The van der Waals surface area contributed by atoms with E-state index in [2.05, 4.69) is 25.1 Å².